The minimum Gasteiger partial charge on any atom is -0.494 e. The molecule has 5 heteroatoms. The van der Waals surface area contributed by atoms with Crippen molar-refractivity contribution in [1.29, 1.82) is 0 Å². The Morgan fingerprint density at radius 2 is 1.90 bits per heavy atom. The summed E-state index contributed by atoms with van der Waals surface area (Å²) in [6, 6.07) is 7.45. The fourth-order valence-corrected chi connectivity index (χ4v) is 2.76. The van der Waals surface area contributed by atoms with Gasteiger partial charge in [0.2, 0.25) is 0 Å². The maximum atomic E-state index is 12.1. The predicted octanol–water partition coefficient (Wildman–Crippen LogP) is 3.53. The first-order chi connectivity index (χ1) is 9.65. The molecule has 1 aliphatic heterocycles. The van der Waals surface area contributed by atoms with Crippen LogP contribution in [0.5, 0.6) is 5.75 Å². The van der Waals surface area contributed by atoms with Crippen molar-refractivity contribution in [2.24, 2.45) is 0 Å². The van der Waals surface area contributed by atoms with Crippen LogP contribution in [-0.2, 0) is 4.79 Å². The molecule has 1 fully saturated rings. The fourth-order valence-electron chi connectivity index (χ4n) is 1.89. The summed E-state index contributed by atoms with van der Waals surface area (Å²) in [7, 11) is 0. The minimum atomic E-state index is -0.198. The lowest BCUT2D eigenvalue weighted by atomic mass is 10.2. The quantitative estimate of drug-likeness (QED) is 0.779. The second-order valence-corrected chi connectivity index (χ2v) is 5.33. The van der Waals surface area contributed by atoms with Gasteiger partial charge in [-0.15, -0.1) is 0 Å². The molecule has 0 spiro atoms. The molecule has 1 heterocycles. The lowest BCUT2D eigenvalue weighted by Crippen LogP contribution is -2.28. The molecule has 0 aromatic heterocycles. The molecule has 20 heavy (non-hydrogen) atoms. The van der Waals surface area contributed by atoms with Crippen molar-refractivity contribution in [2.75, 3.05) is 13.2 Å². The predicted molar refractivity (Wildman–Crippen MR) is 80.6 cm³/mol. The van der Waals surface area contributed by atoms with E-state index in [-0.39, 0.29) is 11.1 Å². The zero-order valence-corrected chi connectivity index (χ0v) is 12.4. The summed E-state index contributed by atoms with van der Waals surface area (Å²) in [4.78, 5) is 25.6. The van der Waals surface area contributed by atoms with Crippen LogP contribution in [-0.4, -0.2) is 29.2 Å². The molecule has 0 atom stereocenters. The van der Waals surface area contributed by atoms with Gasteiger partial charge in [0.05, 0.1) is 11.5 Å². The van der Waals surface area contributed by atoms with Gasteiger partial charge in [0, 0.05) is 6.54 Å². The summed E-state index contributed by atoms with van der Waals surface area (Å²) in [6.07, 6.45) is 2.52. The zero-order chi connectivity index (χ0) is 14.5. The number of nitrogens with zero attached hydrogens (tertiary/aromatic N) is 1. The molecular weight excluding hydrogens is 274 g/mol. The van der Waals surface area contributed by atoms with Gasteiger partial charge in [-0.25, -0.2) is 0 Å². The highest BCUT2D eigenvalue weighted by molar-refractivity contribution is 8.18. The Balaban J connectivity index is 2.15. The number of hydrogen-bond acceptors (Lipinski definition) is 4. The van der Waals surface area contributed by atoms with Crippen LogP contribution in [0.25, 0.3) is 6.08 Å². The van der Waals surface area contributed by atoms with Crippen molar-refractivity contribution in [2.45, 2.75) is 20.3 Å². The normalized spacial score (nSPS) is 17.1. The van der Waals surface area contributed by atoms with Crippen LogP contribution in [0.1, 0.15) is 25.8 Å². The van der Waals surface area contributed by atoms with Crippen molar-refractivity contribution >= 4 is 29.0 Å². The first kappa shape index (κ1) is 14.7. The number of hydrogen-bond donors (Lipinski definition) is 0. The van der Waals surface area contributed by atoms with Gasteiger partial charge in [0.1, 0.15) is 5.75 Å². The minimum absolute atomic E-state index is 0.186. The summed E-state index contributed by atoms with van der Waals surface area (Å²) in [5.41, 5.74) is 0.885. The number of thioether (sulfide) groups is 1. The smallest absolute Gasteiger partial charge is 0.293 e. The van der Waals surface area contributed by atoms with Crippen LogP contribution in [0, 0.1) is 0 Å². The first-order valence-electron chi connectivity index (χ1n) is 6.64. The summed E-state index contributed by atoms with van der Waals surface area (Å²) in [6.45, 7) is 4.97. The SMILES string of the molecule is CCCN1C(=O)SC(=Cc2ccc(OCC)cc2)C1=O. The van der Waals surface area contributed by atoms with Gasteiger partial charge in [-0.05, 0) is 48.9 Å². The van der Waals surface area contributed by atoms with E-state index in [1.165, 1.54) is 4.90 Å². The molecule has 0 aliphatic carbocycles. The molecule has 0 N–H and O–H groups in total. The van der Waals surface area contributed by atoms with Crippen LogP contribution in [0.15, 0.2) is 29.2 Å². The number of rotatable bonds is 5. The standard InChI is InChI=1S/C15H17NO3S/c1-3-9-16-14(17)13(20-15(16)18)10-11-5-7-12(8-6-11)19-4-2/h5-8,10H,3-4,9H2,1-2H3. The van der Waals surface area contributed by atoms with Gasteiger partial charge in [-0.3, -0.25) is 14.5 Å². The first-order valence-corrected chi connectivity index (χ1v) is 7.45. The molecule has 2 amide bonds. The molecule has 4 nitrogen and oxygen atoms in total. The second-order valence-electron chi connectivity index (χ2n) is 4.34. The molecule has 0 saturated carbocycles. The van der Waals surface area contributed by atoms with Gasteiger partial charge in [-0.2, -0.15) is 0 Å². The third kappa shape index (κ3) is 3.22. The largest absolute Gasteiger partial charge is 0.494 e. The molecule has 1 aliphatic rings. The van der Waals surface area contributed by atoms with Crippen LogP contribution in [0.4, 0.5) is 4.79 Å². The Labute approximate surface area is 122 Å². The van der Waals surface area contributed by atoms with Crippen LogP contribution in [0.3, 0.4) is 0 Å². The summed E-state index contributed by atoms with van der Waals surface area (Å²) < 4.78 is 5.36. The molecule has 106 valence electrons. The average molecular weight is 291 g/mol. The number of benzene rings is 1. The molecule has 0 unspecified atom stereocenters. The Kier molecular flexibility index (Phi) is 4.84. The molecule has 0 bridgehead atoms. The highest BCUT2D eigenvalue weighted by Gasteiger charge is 2.34. The maximum Gasteiger partial charge on any atom is 0.293 e. The zero-order valence-electron chi connectivity index (χ0n) is 11.6. The number of carbonyl (C=O) groups is 2. The highest BCUT2D eigenvalue weighted by Crippen LogP contribution is 2.32. The van der Waals surface area contributed by atoms with Crippen molar-refractivity contribution in [3.63, 3.8) is 0 Å². The van der Waals surface area contributed by atoms with E-state index in [9.17, 15) is 9.59 Å². The van der Waals surface area contributed by atoms with E-state index in [0.29, 0.717) is 18.1 Å². The number of amides is 2. The summed E-state index contributed by atoms with van der Waals surface area (Å²) in [5.74, 6) is 0.597. The molecular formula is C15H17NO3S. The third-order valence-corrected chi connectivity index (χ3v) is 3.72. The van der Waals surface area contributed by atoms with Gasteiger partial charge >= 0.3 is 0 Å². The van der Waals surface area contributed by atoms with Gasteiger partial charge in [0.25, 0.3) is 11.1 Å². The van der Waals surface area contributed by atoms with E-state index < -0.39 is 0 Å². The molecule has 1 saturated heterocycles. The molecule has 1 aromatic rings. The van der Waals surface area contributed by atoms with Gasteiger partial charge in [0.15, 0.2) is 0 Å². The van der Waals surface area contributed by atoms with Gasteiger partial charge in [-0.1, -0.05) is 19.1 Å². The van der Waals surface area contributed by atoms with E-state index in [1.807, 2.05) is 38.1 Å². The second kappa shape index (κ2) is 6.61. The lowest BCUT2D eigenvalue weighted by molar-refractivity contribution is -0.122. The number of imide groups is 1. The Hall–Kier alpha value is -1.75. The van der Waals surface area contributed by atoms with E-state index in [2.05, 4.69) is 0 Å². The number of carbonyl (C=O) groups excluding carboxylic acids is 2. The Morgan fingerprint density at radius 1 is 1.20 bits per heavy atom. The third-order valence-electron chi connectivity index (χ3n) is 2.81. The number of ether oxygens (including phenoxy) is 1. The fraction of sp³-hybridized carbons (Fsp3) is 0.333. The monoisotopic (exact) mass is 291 g/mol. The van der Waals surface area contributed by atoms with Crippen molar-refractivity contribution < 1.29 is 14.3 Å². The Morgan fingerprint density at radius 3 is 2.50 bits per heavy atom. The van der Waals surface area contributed by atoms with E-state index in [1.54, 1.807) is 6.08 Å². The van der Waals surface area contributed by atoms with Crippen LogP contribution >= 0.6 is 11.8 Å². The Bertz CT molecular complexity index is 537. The average Bonchev–Trinajstić information content (AvgIpc) is 2.69. The summed E-state index contributed by atoms with van der Waals surface area (Å²) in [5, 5.41) is -0.186. The molecule has 2 rings (SSSR count). The van der Waals surface area contributed by atoms with Crippen molar-refractivity contribution in [3.05, 3.63) is 34.7 Å². The topological polar surface area (TPSA) is 46.6 Å². The molecule has 0 radical (unpaired) electrons. The maximum absolute atomic E-state index is 12.1. The van der Waals surface area contributed by atoms with Crippen LogP contribution in [0.2, 0.25) is 0 Å². The van der Waals surface area contributed by atoms with Gasteiger partial charge < -0.3 is 4.74 Å². The summed E-state index contributed by atoms with van der Waals surface area (Å²) >= 11 is 0.998. The van der Waals surface area contributed by atoms with Crippen molar-refractivity contribution in [1.82, 2.24) is 4.90 Å². The van der Waals surface area contributed by atoms with Crippen LogP contribution < -0.4 is 4.74 Å². The van der Waals surface area contributed by atoms with E-state index in [0.717, 1.165) is 29.5 Å². The van der Waals surface area contributed by atoms with E-state index in [4.69, 9.17) is 4.74 Å². The highest BCUT2D eigenvalue weighted by atomic mass is 32.2. The lowest BCUT2D eigenvalue weighted by Gasteiger charge is -2.09. The van der Waals surface area contributed by atoms with Crippen molar-refractivity contribution in [3.8, 4) is 5.75 Å². The molecule has 1 aromatic carbocycles. The van der Waals surface area contributed by atoms with E-state index >= 15 is 0 Å².